The van der Waals surface area contributed by atoms with E-state index in [4.69, 9.17) is 9.84 Å². The van der Waals surface area contributed by atoms with Crippen LogP contribution < -0.4 is 4.74 Å². The summed E-state index contributed by atoms with van der Waals surface area (Å²) in [6.45, 7) is 4.33. The first-order valence-corrected chi connectivity index (χ1v) is 5.72. The van der Waals surface area contributed by atoms with E-state index in [2.05, 4.69) is 26.0 Å². The van der Waals surface area contributed by atoms with Crippen molar-refractivity contribution in [3.8, 4) is 17.2 Å². The average Bonchev–Trinajstić information content (AvgIpc) is 2.33. The molecule has 0 heterocycles. The van der Waals surface area contributed by atoms with Crippen LogP contribution in [-0.2, 0) is 0 Å². The number of hydrogen-bond acceptors (Lipinski definition) is 2. The number of benzene rings is 2. The lowest BCUT2D eigenvalue weighted by Gasteiger charge is -2.08. The molecule has 0 saturated carbocycles. The molecule has 17 heavy (non-hydrogen) atoms. The van der Waals surface area contributed by atoms with Gasteiger partial charge < -0.3 is 9.84 Å². The van der Waals surface area contributed by atoms with Crippen molar-refractivity contribution in [2.75, 3.05) is 0 Å². The molecule has 2 aromatic carbocycles. The lowest BCUT2D eigenvalue weighted by atomic mass is 10.0. The molecule has 0 amide bonds. The number of phenols is 1. The van der Waals surface area contributed by atoms with Crippen LogP contribution in [0.1, 0.15) is 25.3 Å². The van der Waals surface area contributed by atoms with Gasteiger partial charge in [-0.15, -0.1) is 0 Å². The zero-order valence-corrected chi connectivity index (χ0v) is 10.1. The second-order valence-corrected chi connectivity index (χ2v) is 4.32. The number of hydrogen-bond donors (Lipinski definition) is 1. The molecule has 0 aliphatic heterocycles. The highest BCUT2D eigenvalue weighted by molar-refractivity contribution is 5.36. The maximum absolute atomic E-state index is 9.16. The van der Waals surface area contributed by atoms with Crippen LogP contribution in [0.25, 0.3) is 0 Å². The Hall–Kier alpha value is -1.96. The smallest absolute Gasteiger partial charge is 0.127 e. The van der Waals surface area contributed by atoms with E-state index in [1.165, 1.54) is 5.56 Å². The van der Waals surface area contributed by atoms with Crippen LogP contribution in [0.3, 0.4) is 0 Å². The van der Waals surface area contributed by atoms with E-state index in [-0.39, 0.29) is 5.75 Å². The molecule has 2 aromatic rings. The van der Waals surface area contributed by atoms with E-state index in [1.54, 1.807) is 24.3 Å². The van der Waals surface area contributed by atoms with Crippen molar-refractivity contribution >= 4 is 0 Å². The van der Waals surface area contributed by atoms with Crippen LogP contribution in [0.2, 0.25) is 0 Å². The predicted molar refractivity (Wildman–Crippen MR) is 68.7 cm³/mol. The number of phenolic OH excluding ortho intramolecular Hbond substituents is 1. The lowest BCUT2D eigenvalue weighted by molar-refractivity contribution is 0.464. The van der Waals surface area contributed by atoms with Crippen LogP contribution in [0, 0.1) is 0 Å². The van der Waals surface area contributed by atoms with Crippen molar-refractivity contribution in [3.05, 3.63) is 54.1 Å². The molecule has 0 aliphatic carbocycles. The van der Waals surface area contributed by atoms with Gasteiger partial charge >= 0.3 is 0 Å². The van der Waals surface area contributed by atoms with Gasteiger partial charge in [0.2, 0.25) is 0 Å². The van der Waals surface area contributed by atoms with Gasteiger partial charge in [-0.05, 0) is 47.9 Å². The Morgan fingerprint density at radius 2 is 1.29 bits per heavy atom. The van der Waals surface area contributed by atoms with Crippen LogP contribution in [0.5, 0.6) is 17.2 Å². The monoisotopic (exact) mass is 228 g/mol. The summed E-state index contributed by atoms with van der Waals surface area (Å²) < 4.78 is 5.66. The van der Waals surface area contributed by atoms with E-state index in [0.717, 1.165) is 11.5 Å². The zero-order chi connectivity index (χ0) is 12.3. The Bertz CT molecular complexity index is 469. The van der Waals surface area contributed by atoms with E-state index in [1.807, 2.05) is 12.1 Å². The first-order chi connectivity index (χ1) is 8.15. The summed E-state index contributed by atoms with van der Waals surface area (Å²) in [5, 5.41) is 9.16. The SMILES string of the molecule is CC(C)c1ccc(Oc2ccc(O)cc2)cc1. The van der Waals surface area contributed by atoms with E-state index >= 15 is 0 Å². The second kappa shape index (κ2) is 4.91. The average molecular weight is 228 g/mol. The molecule has 0 fully saturated rings. The summed E-state index contributed by atoms with van der Waals surface area (Å²) in [6.07, 6.45) is 0. The summed E-state index contributed by atoms with van der Waals surface area (Å²) in [4.78, 5) is 0. The molecule has 0 radical (unpaired) electrons. The maximum Gasteiger partial charge on any atom is 0.127 e. The fraction of sp³-hybridized carbons (Fsp3) is 0.200. The van der Waals surface area contributed by atoms with Gasteiger partial charge in [0.1, 0.15) is 17.2 Å². The van der Waals surface area contributed by atoms with Gasteiger partial charge in [-0.1, -0.05) is 26.0 Å². The van der Waals surface area contributed by atoms with Crippen LogP contribution >= 0.6 is 0 Å². The van der Waals surface area contributed by atoms with Gasteiger partial charge in [0.15, 0.2) is 0 Å². The molecule has 2 nitrogen and oxygen atoms in total. The Morgan fingerprint density at radius 1 is 0.824 bits per heavy atom. The van der Waals surface area contributed by atoms with Gasteiger partial charge in [-0.2, -0.15) is 0 Å². The molecule has 2 heteroatoms. The molecule has 88 valence electrons. The summed E-state index contributed by atoms with van der Waals surface area (Å²) in [7, 11) is 0. The summed E-state index contributed by atoms with van der Waals surface area (Å²) in [5.41, 5.74) is 1.29. The Morgan fingerprint density at radius 3 is 1.76 bits per heavy atom. The third-order valence-electron chi connectivity index (χ3n) is 2.62. The van der Waals surface area contributed by atoms with Gasteiger partial charge in [0.25, 0.3) is 0 Å². The topological polar surface area (TPSA) is 29.5 Å². The zero-order valence-electron chi connectivity index (χ0n) is 10.1. The highest BCUT2D eigenvalue weighted by Crippen LogP contribution is 2.25. The highest BCUT2D eigenvalue weighted by atomic mass is 16.5. The molecule has 2 rings (SSSR count). The molecule has 0 unspecified atom stereocenters. The molecule has 0 saturated heterocycles. The minimum atomic E-state index is 0.243. The number of rotatable bonds is 3. The Balaban J connectivity index is 2.11. The number of ether oxygens (including phenoxy) is 1. The molecule has 0 aromatic heterocycles. The van der Waals surface area contributed by atoms with Gasteiger partial charge in [-0.25, -0.2) is 0 Å². The maximum atomic E-state index is 9.16. The summed E-state index contributed by atoms with van der Waals surface area (Å²) >= 11 is 0. The van der Waals surface area contributed by atoms with Crippen molar-refractivity contribution < 1.29 is 9.84 Å². The standard InChI is InChI=1S/C15H16O2/c1-11(2)12-3-7-14(8-4-12)17-15-9-5-13(16)6-10-15/h3-11,16H,1-2H3. The molecule has 0 aliphatic rings. The molecule has 1 N–H and O–H groups in total. The molecule has 0 bridgehead atoms. The van der Waals surface area contributed by atoms with E-state index in [0.29, 0.717) is 5.92 Å². The van der Waals surface area contributed by atoms with Crippen LogP contribution in [-0.4, -0.2) is 5.11 Å². The quantitative estimate of drug-likeness (QED) is 0.848. The predicted octanol–water partition coefficient (Wildman–Crippen LogP) is 4.31. The number of aromatic hydroxyl groups is 1. The van der Waals surface area contributed by atoms with Crippen molar-refractivity contribution in [3.63, 3.8) is 0 Å². The van der Waals surface area contributed by atoms with Crippen molar-refractivity contribution in [2.45, 2.75) is 19.8 Å². The largest absolute Gasteiger partial charge is 0.508 e. The minimum Gasteiger partial charge on any atom is -0.508 e. The highest BCUT2D eigenvalue weighted by Gasteiger charge is 2.00. The lowest BCUT2D eigenvalue weighted by Crippen LogP contribution is -1.88. The normalized spacial score (nSPS) is 10.5. The van der Waals surface area contributed by atoms with Gasteiger partial charge in [0, 0.05) is 0 Å². The second-order valence-electron chi connectivity index (χ2n) is 4.32. The molecular formula is C15H16O2. The molecule has 0 spiro atoms. The fourth-order valence-corrected chi connectivity index (χ4v) is 1.57. The van der Waals surface area contributed by atoms with Crippen molar-refractivity contribution in [2.24, 2.45) is 0 Å². The first kappa shape index (κ1) is 11.5. The Labute approximate surface area is 101 Å². The van der Waals surface area contributed by atoms with E-state index < -0.39 is 0 Å². The first-order valence-electron chi connectivity index (χ1n) is 5.72. The van der Waals surface area contributed by atoms with Crippen LogP contribution in [0.15, 0.2) is 48.5 Å². The van der Waals surface area contributed by atoms with Gasteiger partial charge in [0.05, 0.1) is 0 Å². The fourth-order valence-electron chi connectivity index (χ4n) is 1.57. The summed E-state index contributed by atoms with van der Waals surface area (Å²) in [6, 6.07) is 14.8. The van der Waals surface area contributed by atoms with Crippen LogP contribution in [0.4, 0.5) is 0 Å². The molecule has 0 atom stereocenters. The third-order valence-corrected chi connectivity index (χ3v) is 2.62. The van der Waals surface area contributed by atoms with Crippen molar-refractivity contribution in [1.29, 1.82) is 0 Å². The Kier molecular flexibility index (Phi) is 3.33. The third kappa shape index (κ3) is 3.00. The van der Waals surface area contributed by atoms with Crippen molar-refractivity contribution in [1.82, 2.24) is 0 Å². The van der Waals surface area contributed by atoms with E-state index in [9.17, 15) is 0 Å². The molecular weight excluding hydrogens is 212 g/mol. The summed E-state index contributed by atoms with van der Waals surface area (Å²) in [5.74, 6) is 2.30. The van der Waals surface area contributed by atoms with Gasteiger partial charge in [-0.3, -0.25) is 0 Å². The minimum absolute atomic E-state index is 0.243.